The maximum atomic E-state index is 14.7. The molecule has 3 aromatic rings. The smallest absolute Gasteiger partial charge is 0.289 e. The molecule has 1 fully saturated rings. The van der Waals surface area contributed by atoms with Crippen LogP contribution in [0.3, 0.4) is 0 Å². The molecule has 0 spiro atoms. The molecule has 7 heteroatoms. The monoisotopic (exact) mass is 484 g/mol. The Morgan fingerprint density at radius 1 is 1.06 bits per heavy atom. The molecule has 0 radical (unpaired) electrons. The summed E-state index contributed by atoms with van der Waals surface area (Å²) in [6.45, 7) is 0.945. The van der Waals surface area contributed by atoms with Gasteiger partial charge in [0.05, 0.1) is 12.3 Å². The molecule has 0 aliphatic carbocycles. The highest BCUT2D eigenvalue weighted by molar-refractivity contribution is 9.10. The third-order valence-electron chi connectivity index (χ3n) is 5.58. The van der Waals surface area contributed by atoms with Gasteiger partial charge in [0, 0.05) is 29.0 Å². The Morgan fingerprint density at radius 3 is 2.45 bits per heavy atom. The highest BCUT2D eigenvalue weighted by Gasteiger charge is 2.30. The van der Waals surface area contributed by atoms with E-state index in [9.17, 15) is 14.0 Å². The fourth-order valence-corrected chi connectivity index (χ4v) is 4.22. The van der Waals surface area contributed by atoms with Gasteiger partial charge >= 0.3 is 0 Å². The van der Waals surface area contributed by atoms with Crippen molar-refractivity contribution in [1.29, 1.82) is 0 Å². The number of carbonyl (C=O) groups is 2. The van der Waals surface area contributed by atoms with Gasteiger partial charge in [-0.3, -0.25) is 9.59 Å². The zero-order chi connectivity index (χ0) is 21.8. The third kappa shape index (κ3) is 4.88. The summed E-state index contributed by atoms with van der Waals surface area (Å²) in [5.41, 5.74) is 1.22. The summed E-state index contributed by atoms with van der Waals surface area (Å²) in [7, 11) is 0. The molecule has 4 rings (SSSR count). The van der Waals surface area contributed by atoms with Crippen LogP contribution in [0.25, 0.3) is 0 Å². The van der Waals surface area contributed by atoms with Gasteiger partial charge in [0.1, 0.15) is 5.82 Å². The lowest BCUT2D eigenvalue weighted by molar-refractivity contribution is -0.126. The number of nitrogens with one attached hydrogen (secondary N) is 1. The number of hydrogen-bond acceptors (Lipinski definition) is 3. The van der Waals surface area contributed by atoms with Gasteiger partial charge in [-0.2, -0.15) is 0 Å². The van der Waals surface area contributed by atoms with Crippen molar-refractivity contribution in [3.05, 3.63) is 94.1 Å². The fraction of sp³-hybridized carbons (Fsp3) is 0.250. The standard InChI is InChI=1S/C24H22BrFN2O3/c25-18-8-9-19(20(26)15-18)22(16-5-2-1-3-6-16)27-23(29)17-10-12-28(13-11-17)24(30)21-7-4-14-31-21/h1-9,14-15,17,22H,10-13H2,(H,27,29). The first-order valence-corrected chi connectivity index (χ1v) is 11.0. The molecule has 2 amide bonds. The highest BCUT2D eigenvalue weighted by Crippen LogP contribution is 2.28. The van der Waals surface area contributed by atoms with Crippen LogP contribution in [0, 0.1) is 11.7 Å². The number of furan rings is 1. The average Bonchev–Trinajstić information content (AvgIpc) is 3.33. The Hall–Kier alpha value is -2.93. The summed E-state index contributed by atoms with van der Waals surface area (Å²) in [5.74, 6) is -0.630. The normalized spacial score (nSPS) is 15.5. The van der Waals surface area contributed by atoms with Gasteiger partial charge < -0.3 is 14.6 Å². The number of amides is 2. The maximum Gasteiger partial charge on any atom is 0.289 e. The summed E-state index contributed by atoms with van der Waals surface area (Å²) in [6.07, 6.45) is 2.56. The van der Waals surface area contributed by atoms with Crippen LogP contribution in [-0.4, -0.2) is 29.8 Å². The lowest BCUT2D eigenvalue weighted by Gasteiger charge is -2.32. The van der Waals surface area contributed by atoms with E-state index in [0.29, 0.717) is 41.7 Å². The number of piperidine rings is 1. The number of hydrogen-bond donors (Lipinski definition) is 1. The second-order valence-electron chi connectivity index (χ2n) is 7.56. The summed E-state index contributed by atoms with van der Waals surface area (Å²) in [6, 6.07) is 16.9. The SMILES string of the molecule is O=C(NC(c1ccccc1)c1ccc(Br)cc1F)C1CCN(C(=O)c2ccco2)CC1. The molecule has 1 N–H and O–H groups in total. The molecule has 160 valence electrons. The largest absolute Gasteiger partial charge is 0.459 e. The van der Waals surface area contributed by atoms with E-state index in [4.69, 9.17) is 4.42 Å². The van der Waals surface area contributed by atoms with E-state index in [2.05, 4.69) is 21.2 Å². The lowest BCUT2D eigenvalue weighted by atomic mass is 9.93. The van der Waals surface area contributed by atoms with E-state index in [1.165, 1.54) is 12.3 Å². The summed E-state index contributed by atoms with van der Waals surface area (Å²) < 4.78 is 20.5. The van der Waals surface area contributed by atoms with Crippen molar-refractivity contribution in [2.45, 2.75) is 18.9 Å². The predicted molar refractivity (Wildman–Crippen MR) is 118 cm³/mol. The minimum atomic E-state index is -0.593. The van der Waals surface area contributed by atoms with Crippen LogP contribution in [0.4, 0.5) is 4.39 Å². The molecule has 5 nitrogen and oxygen atoms in total. The van der Waals surface area contributed by atoms with Gasteiger partial charge in [0.25, 0.3) is 5.91 Å². The number of nitrogens with zero attached hydrogens (tertiary/aromatic N) is 1. The minimum Gasteiger partial charge on any atom is -0.459 e. The van der Waals surface area contributed by atoms with E-state index in [-0.39, 0.29) is 23.5 Å². The Kier molecular flexibility index (Phi) is 6.51. The average molecular weight is 485 g/mol. The quantitative estimate of drug-likeness (QED) is 0.557. The molecule has 1 aromatic heterocycles. The maximum absolute atomic E-state index is 14.7. The fourth-order valence-electron chi connectivity index (χ4n) is 3.88. The van der Waals surface area contributed by atoms with Crippen LogP contribution < -0.4 is 5.32 Å². The van der Waals surface area contributed by atoms with Crippen molar-refractivity contribution in [2.24, 2.45) is 5.92 Å². The predicted octanol–water partition coefficient (Wildman–Crippen LogP) is 4.94. The van der Waals surface area contributed by atoms with E-state index >= 15 is 0 Å². The van der Waals surface area contributed by atoms with E-state index in [1.54, 1.807) is 29.2 Å². The molecule has 0 saturated carbocycles. The van der Waals surface area contributed by atoms with E-state index < -0.39 is 6.04 Å². The molecule has 0 bridgehead atoms. The van der Waals surface area contributed by atoms with Gasteiger partial charge in [0.15, 0.2) is 5.76 Å². The van der Waals surface area contributed by atoms with Crippen molar-refractivity contribution >= 4 is 27.7 Å². The van der Waals surface area contributed by atoms with Gasteiger partial charge in [-0.15, -0.1) is 0 Å². The first-order valence-electron chi connectivity index (χ1n) is 10.2. The molecule has 2 heterocycles. The number of carbonyl (C=O) groups excluding carboxylic acids is 2. The molecule has 1 aliphatic rings. The molecule has 1 unspecified atom stereocenters. The van der Waals surface area contributed by atoms with Crippen molar-refractivity contribution in [2.75, 3.05) is 13.1 Å². The van der Waals surface area contributed by atoms with Crippen molar-refractivity contribution < 1.29 is 18.4 Å². The summed E-state index contributed by atoms with van der Waals surface area (Å²) in [4.78, 5) is 27.2. The highest BCUT2D eigenvalue weighted by atomic mass is 79.9. The number of halogens is 2. The van der Waals surface area contributed by atoms with Gasteiger partial charge in [-0.1, -0.05) is 52.3 Å². The van der Waals surface area contributed by atoms with Crippen molar-refractivity contribution in [3.63, 3.8) is 0 Å². The molecule has 1 atom stereocenters. The minimum absolute atomic E-state index is 0.138. The molecule has 31 heavy (non-hydrogen) atoms. The Morgan fingerprint density at radius 2 is 1.81 bits per heavy atom. The number of likely N-dealkylation sites (tertiary alicyclic amines) is 1. The molecule has 2 aromatic carbocycles. The number of rotatable bonds is 5. The molecule has 1 aliphatic heterocycles. The lowest BCUT2D eigenvalue weighted by Crippen LogP contribution is -2.43. The van der Waals surface area contributed by atoms with Gasteiger partial charge in [-0.25, -0.2) is 4.39 Å². The molecular weight excluding hydrogens is 463 g/mol. The van der Waals surface area contributed by atoms with Crippen LogP contribution in [0.1, 0.15) is 40.6 Å². The van der Waals surface area contributed by atoms with E-state index in [0.717, 1.165) is 5.56 Å². The Labute approximate surface area is 188 Å². The Balaban J connectivity index is 1.46. The Bertz CT molecular complexity index is 1050. The van der Waals surface area contributed by atoms with Crippen LogP contribution in [0.5, 0.6) is 0 Å². The summed E-state index contributed by atoms with van der Waals surface area (Å²) >= 11 is 3.28. The van der Waals surface area contributed by atoms with Crippen LogP contribution in [0.15, 0.2) is 75.8 Å². The van der Waals surface area contributed by atoms with Gasteiger partial charge in [0.2, 0.25) is 5.91 Å². The van der Waals surface area contributed by atoms with Crippen molar-refractivity contribution in [1.82, 2.24) is 10.2 Å². The van der Waals surface area contributed by atoms with Crippen LogP contribution in [-0.2, 0) is 4.79 Å². The zero-order valence-corrected chi connectivity index (χ0v) is 18.3. The molecule has 1 saturated heterocycles. The first kappa shape index (κ1) is 21.3. The summed E-state index contributed by atoms with van der Waals surface area (Å²) in [5, 5.41) is 3.04. The van der Waals surface area contributed by atoms with Crippen LogP contribution >= 0.6 is 15.9 Å². The second-order valence-corrected chi connectivity index (χ2v) is 8.48. The van der Waals surface area contributed by atoms with Crippen LogP contribution in [0.2, 0.25) is 0 Å². The van der Waals surface area contributed by atoms with E-state index in [1.807, 2.05) is 30.3 Å². The molecular formula is C24H22BrFN2O3. The number of benzene rings is 2. The second kappa shape index (κ2) is 9.47. The van der Waals surface area contributed by atoms with Crippen molar-refractivity contribution in [3.8, 4) is 0 Å². The van der Waals surface area contributed by atoms with Gasteiger partial charge in [-0.05, 0) is 42.7 Å². The third-order valence-corrected chi connectivity index (χ3v) is 6.07. The zero-order valence-electron chi connectivity index (χ0n) is 16.8. The topological polar surface area (TPSA) is 62.6 Å². The first-order chi connectivity index (χ1) is 15.0.